The van der Waals surface area contributed by atoms with Gasteiger partial charge in [0.1, 0.15) is 22.1 Å². The van der Waals surface area contributed by atoms with Crippen LogP contribution in [0.5, 0.6) is 17.2 Å². The third kappa shape index (κ3) is 3.40. The third-order valence-electron chi connectivity index (χ3n) is 5.30. The van der Waals surface area contributed by atoms with Gasteiger partial charge in [0.05, 0.1) is 19.8 Å². The Bertz CT molecular complexity index is 1040. The van der Waals surface area contributed by atoms with Crippen molar-refractivity contribution >= 4 is 15.9 Å². The van der Waals surface area contributed by atoms with E-state index >= 15 is 0 Å². The summed E-state index contributed by atoms with van der Waals surface area (Å²) in [5.41, 5.74) is -0.426. The minimum absolute atomic E-state index is 0.0502. The number of amides is 1. The van der Waals surface area contributed by atoms with E-state index in [1.54, 1.807) is 36.4 Å². The number of methoxy groups -OCH3 is 2. The summed E-state index contributed by atoms with van der Waals surface area (Å²) in [6.07, 6.45) is 0.664. The molecule has 0 bridgehead atoms. The Morgan fingerprint density at radius 2 is 1.79 bits per heavy atom. The average molecular weight is 418 g/mol. The molecule has 1 saturated heterocycles. The van der Waals surface area contributed by atoms with Crippen LogP contribution in [0.4, 0.5) is 0 Å². The Hall–Kier alpha value is -2.78. The Kier molecular flexibility index (Phi) is 4.87. The van der Waals surface area contributed by atoms with E-state index in [1.165, 1.54) is 24.6 Å². The molecular weight excluding hydrogens is 396 g/mol. The van der Waals surface area contributed by atoms with Crippen molar-refractivity contribution in [2.24, 2.45) is 0 Å². The highest BCUT2D eigenvalue weighted by Gasteiger charge is 2.45. The molecule has 1 amide bonds. The summed E-state index contributed by atoms with van der Waals surface area (Å²) in [4.78, 5) is 12.5. The van der Waals surface area contributed by atoms with Crippen molar-refractivity contribution in [3.8, 4) is 17.2 Å². The maximum atomic E-state index is 13.2. The molecule has 0 aromatic heterocycles. The summed E-state index contributed by atoms with van der Waals surface area (Å²) >= 11 is 0. The molecule has 2 aliphatic rings. The predicted octanol–water partition coefficient (Wildman–Crippen LogP) is 2.01. The Labute approximate surface area is 169 Å². The second-order valence-corrected chi connectivity index (χ2v) is 8.87. The monoisotopic (exact) mass is 418 g/mol. The van der Waals surface area contributed by atoms with Crippen LogP contribution in [-0.4, -0.2) is 51.7 Å². The third-order valence-corrected chi connectivity index (χ3v) is 7.22. The predicted molar refractivity (Wildman–Crippen MR) is 105 cm³/mol. The van der Waals surface area contributed by atoms with Crippen molar-refractivity contribution in [1.82, 2.24) is 9.62 Å². The Balaban J connectivity index is 1.57. The van der Waals surface area contributed by atoms with Gasteiger partial charge in [-0.3, -0.25) is 4.79 Å². The lowest BCUT2D eigenvalue weighted by Gasteiger charge is -2.44. The van der Waals surface area contributed by atoms with Gasteiger partial charge in [-0.1, -0.05) is 12.1 Å². The SMILES string of the molecule is COc1ccc(OC)c(S(=O)(=O)N2CCC3(CC2)NC(=O)c2ccccc2O3)c1. The normalized spacial score (nSPS) is 18.5. The van der Waals surface area contributed by atoms with E-state index in [1.807, 2.05) is 0 Å². The van der Waals surface area contributed by atoms with Crippen molar-refractivity contribution in [2.75, 3.05) is 27.3 Å². The highest BCUT2D eigenvalue weighted by atomic mass is 32.2. The van der Waals surface area contributed by atoms with E-state index in [4.69, 9.17) is 14.2 Å². The maximum Gasteiger partial charge on any atom is 0.258 e. The number of fused-ring (bicyclic) bond motifs is 1. The van der Waals surface area contributed by atoms with Gasteiger partial charge in [-0.05, 0) is 24.3 Å². The second-order valence-electron chi connectivity index (χ2n) is 6.97. The molecule has 1 N–H and O–H groups in total. The first-order valence-electron chi connectivity index (χ1n) is 9.21. The topological polar surface area (TPSA) is 94.2 Å². The summed E-state index contributed by atoms with van der Waals surface area (Å²) in [6, 6.07) is 11.7. The lowest BCUT2D eigenvalue weighted by atomic mass is 9.98. The van der Waals surface area contributed by atoms with Crippen LogP contribution in [0.15, 0.2) is 47.4 Å². The summed E-state index contributed by atoms with van der Waals surface area (Å²) in [5, 5.41) is 2.91. The second kappa shape index (κ2) is 7.23. The molecule has 2 heterocycles. The first-order valence-corrected chi connectivity index (χ1v) is 10.7. The van der Waals surface area contributed by atoms with Crippen molar-refractivity contribution in [3.05, 3.63) is 48.0 Å². The van der Waals surface area contributed by atoms with E-state index < -0.39 is 15.7 Å². The van der Waals surface area contributed by atoms with Crippen LogP contribution >= 0.6 is 0 Å². The van der Waals surface area contributed by atoms with Gasteiger partial charge in [-0.15, -0.1) is 0 Å². The van der Waals surface area contributed by atoms with Gasteiger partial charge in [-0.2, -0.15) is 4.31 Å². The van der Waals surface area contributed by atoms with Crippen molar-refractivity contribution in [3.63, 3.8) is 0 Å². The van der Waals surface area contributed by atoms with Crippen LogP contribution in [0.1, 0.15) is 23.2 Å². The summed E-state index contributed by atoms with van der Waals surface area (Å²) in [7, 11) is -0.905. The highest BCUT2D eigenvalue weighted by molar-refractivity contribution is 7.89. The molecule has 154 valence electrons. The van der Waals surface area contributed by atoms with Gasteiger partial charge in [0.2, 0.25) is 10.0 Å². The zero-order valence-electron chi connectivity index (χ0n) is 16.2. The minimum Gasteiger partial charge on any atom is -0.497 e. The molecule has 2 aromatic rings. The molecule has 0 aliphatic carbocycles. The van der Waals surface area contributed by atoms with Crippen molar-refractivity contribution < 1.29 is 27.4 Å². The fourth-order valence-corrected chi connectivity index (χ4v) is 5.31. The number of benzene rings is 2. The largest absolute Gasteiger partial charge is 0.497 e. The molecule has 2 aromatic carbocycles. The first-order chi connectivity index (χ1) is 13.9. The summed E-state index contributed by atoms with van der Waals surface area (Å²) in [5.74, 6) is 0.985. The van der Waals surface area contributed by atoms with Gasteiger partial charge < -0.3 is 19.5 Å². The van der Waals surface area contributed by atoms with E-state index in [0.717, 1.165) is 0 Å². The molecule has 0 saturated carbocycles. The molecule has 1 fully saturated rings. The molecule has 4 rings (SSSR count). The quantitative estimate of drug-likeness (QED) is 0.816. The minimum atomic E-state index is -3.81. The van der Waals surface area contributed by atoms with Crippen LogP contribution < -0.4 is 19.5 Å². The van der Waals surface area contributed by atoms with Crippen LogP contribution in [-0.2, 0) is 10.0 Å². The van der Waals surface area contributed by atoms with E-state index in [2.05, 4.69) is 5.32 Å². The molecule has 29 heavy (non-hydrogen) atoms. The van der Waals surface area contributed by atoms with Crippen LogP contribution in [0.25, 0.3) is 0 Å². The van der Waals surface area contributed by atoms with E-state index in [0.29, 0.717) is 29.9 Å². The van der Waals surface area contributed by atoms with Gasteiger partial charge in [0, 0.05) is 32.0 Å². The Morgan fingerprint density at radius 1 is 1.07 bits per heavy atom. The molecular formula is C20H22N2O6S. The van der Waals surface area contributed by atoms with E-state index in [9.17, 15) is 13.2 Å². The van der Waals surface area contributed by atoms with Gasteiger partial charge in [0.25, 0.3) is 5.91 Å². The molecule has 2 aliphatic heterocycles. The Morgan fingerprint density at radius 3 is 2.48 bits per heavy atom. The standard InChI is InChI=1S/C20H22N2O6S/c1-26-14-7-8-17(27-2)18(13-14)29(24,25)22-11-9-20(10-12-22)21-19(23)15-5-3-4-6-16(15)28-20/h3-8,13H,9-12H2,1-2H3,(H,21,23). The number of carbonyl (C=O) groups excluding carboxylic acids is 1. The average Bonchev–Trinajstić information content (AvgIpc) is 2.73. The molecule has 0 unspecified atom stereocenters. The highest BCUT2D eigenvalue weighted by Crippen LogP contribution is 2.36. The van der Waals surface area contributed by atoms with Gasteiger partial charge >= 0.3 is 0 Å². The number of para-hydroxylation sites is 1. The lowest BCUT2D eigenvalue weighted by Crippen LogP contribution is -2.61. The van der Waals surface area contributed by atoms with Crippen molar-refractivity contribution in [2.45, 2.75) is 23.5 Å². The fourth-order valence-electron chi connectivity index (χ4n) is 3.69. The van der Waals surface area contributed by atoms with Crippen LogP contribution in [0.2, 0.25) is 0 Å². The number of sulfonamides is 1. The zero-order valence-corrected chi connectivity index (χ0v) is 17.0. The first kappa shape index (κ1) is 19.5. The van der Waals surface area contributed by atoms with Crippen molar-refractivity contribution in [1.29, 1.82) is 0 Å². The smallest absolute Gasteiger partial charge is 0.258 e. The molecule has 9 heteroatoms. The molecule has 0 radical (unpaired) electrons. The zero-order chi connectivity index (χ0) is 20.6. The number of piperidine rings is 1. The number of carbonyl (C=O) groups is 1. The number of rotatable bonds is 4. The number of hydrogen-bond acceptors (Lipinski definition) is 6. The molecule has 1 spiro atoms. The van der Waals surface area contributed by atoms with Crippen LogP contribution in [0.3, 0.4) is 0 Å². The number of ether oxygens (including phenoxy) is 3. The van der Waals surface area contributed by atoms with Crippen LogP contribution in [0, 0.1) is 0 Å². The van der Waals surface area contributed by atoms with E-state index in [-0.39, 0.29) is 29.6 Å². The molecule has 8 nitrogen and oxygen atoms in total. The fraction of sp³-hybridized carbons (Fsp3) is 0.350. The summed E-state index contributed by atoms with van der Waals surface area (Å²) < 4.78 is 44.3. The summed E-state index contributed by atoms with van der Waals surface area (Å²) in [6.45, 7) is 0.399. The number of nitrogens with one attached hydrogen (secondary N) is 1. The maximum absolute atomic E-state index is 13.2. The van der Waals surface area contributed by atoms with Gasteiger partial charge in [-0.25, -0.2) is 8.42 Å². The number of hydrogen-bond donors (Lipinski definition) is 1. The lowest BCUT2D eigenvalue weighted by molar-refractivity contribution is -0.0155. The molecule has 0 atom stereocenters. The number of nitrogens with zero attached hydrogens (tertiary/aromatic N) is 1. The van der Waals surface area contributed by atoms with Gasteiger partial charge in [0.15, 0.2) is 5.72 Å².